The van der Waals surface area contributed by atoms with Crippen LogP contribution in [0.15, 0.2) is 34.3 Å². The van der Waals surface area contributed by atoms with Crippen LogP contribution in [-0.4, -0.2) is 89.5 Å². The third-order valence-corrected chi connectivity index (χ3v) is 8.91. The number of rotatable bonds is 8. The molecule has 0 aromatic heterocycles. The summed E-state index contributed by atoms with van der Waals surface area (Å²) in [6.07, 6.45) is 0.333. The van der Waals surface area contributed by atoms with E-state index in [1.54, 1.807) is 18.9 Å². The van der Waals surface area contributed by atoms with Gasteiger partial charge in [0.2, 0.25) is 5.78 Å². The number of methoxy groups -OCH3 is 1. The van der Waals surface area contributed by atoms with Crippen LogP contribution in [0.1, 0.15) is 52.9 Å². The number of allylic oxidation sites excluding steroid dienone is 1. The topological polar surface area (TPSA) is 160 Å². The minimum absolute atomic E-state index is 0.0403. The number of Topliss-reactive ketones (excluding diaryl/α,β-unsaturated/α-hetero) is 1. The van der Waals surface area contributed by atoms with Crippen molar-refractivity contribution in [1.82, 2.24) is 4.90 Å². The molecule has 3 N–H and O–H groups in total. The number of cyclic esters (lactones) is 1. The summed E-state index contributed by atoms with van der Waals surface area (Å²) in [6.45, 7) is 5.13. The summed E-state index contributed by atoms with van der Waals surface area (Å²) in [5, 5.41) is 31.4. The monoisotopic (exact) mass is 547 g/mol. The number of carbonyl (C=O) groups excluding carboxylic acids is 3. The van der Waals surface area contributed by atoms with Gasteiger partial charge in [-0.15, -0.1) is 0 Å². The lowest BCUT2D eigenvalue weighted by molar-refractivity contribution is -0.161. The smallest absolute Gasteiger partial charge is 0.340 e. The van der Waals surface area contributed by atoms with E-state index in [2.05, 4.69) is 0 Å². The number of carboxylic acid groups (broad SMARTS) is 1. The molecular formula is C28H37NO10. The van der Waals surface area contributed by atoms with Crippen molar-refractivity contribution in [3.05, 3.63) is 34.3 Å². The molecule has 1 saturated heterocycles. The summed E-state index contributed by atoms with van der Waals surface area (Å²) < 4.78 is 17.1. The highest BCUT2D eigenvalue weighted by molar-refractivity contribution is 6.13. The number of esters is 2. The highest BCUT2D eigenvalue weighted by Crippen LogP contribution is 2.63. The van der Waals surface area contributed by atoms with E-state index in [-0.39, 0.29) is 30.6 Å². The van der Waals surface area contributed by atoms with Crippen LogP contribution >= 0.6 is 0 Å². The van der Waals surface area contributed by atoms with Crippen LogP contribution in [0.4, 0.5) is 0 Å². The van der Waals surface area contributed by atoms with Crippen LogP contribution in [0.3, 0.4) is 0 Å². The van der Waals surface area contributed by atoms with Crippen molar-refractivity contribution in [3.8, 4) is 0 Å². The van der Waals surface area contributed by atoms with E-state index in [0.717, 1.165) is 0 Å². The molecule has 6 unspecified atom stereocenters. The van der Waals surface area contributed by atoms with Gasteiger partial charge in [-0.25, -0.2) is 4.79 Å². The van der Waals surface area contributed by atoms with E-state index in [0.29, 0.717) is 37.0 Å². The number of hydrogen-bond donors (Lipinski definition) is 3. The van der Waals surface area contributed by atoms with Gasteiger partial charge in [-0.1, -0.05) is 6.92 Å². The molecule has 0 aromatic carbocycles. The third-order valence-electron chi connectivity index (χ3n) is 8.91. The van der Waals surface area contributed by atoms with Crippen molar-refractivity contribution in [1.29, 1.82) is 0 Å². The molecule has 39 heavy (non-hydrogen) atoms. The Kier molecular flexibility index (Phi) is 7.70. The Bertz CT molecular complexity index is 1180. The molecule has 0 spiro atoms. The third kappa shape index (κ3) is 4.65. The molecule has 3 aliphatic carbocycles. The number of carbonyl (C=O) groups is 4. The number of ketones is 1. The van der Waals surface area contributed by atoms with Crippen molar-refractivity contribution < 1.29 is 48.7 Å². The summed E-state index contributed by atoms with van der Waals surface area (Å²) in [7, 11) is 3.10. The first-order valence-corrected chi connectivity index (χ1v) is 13.2. The number of nitrogens with zero attached hydrogens (tertiary/aromatic N) is 1. The SMILES string of the molecule is COCC1OC(=O)C(=CN(C)CCCC(=O)O)C2=C(O)C(=O)C3=C(C(OC(C)=O)CC4(C)C(O)CCC34)C21C. The standard InChI is InChI=1S/C28H37NO10/c1-14(30)38-17-11-27(2)16(8-9-18(27)31)21-23(17)28(3)19(13-37-5)39-26(36)15(22(28)25(35)24(21)34)12-29(4)10-6-7-20(32)33/h12,16-19,31,35H,6-11,13H2,1-5H3,(H,32,33). The minimum Gasteiger partial charge on any atom is -0.504 e. The first-order chi connectivity index (χ1) is 18.3. The molecule has 4 rings (SSSR count). The summed E-state index contributed by atoms with van der Waals surface area (Å²) in [5.41, 5.74) is -1.27. The minimum atomic E-state index is -1.29. The van der Waals surface area contributed by atoms with Crippen LogP contribution < -0.4 is 0 Å². The zero-order valence-electron chi connectivity index (χ0n) is 23.0. The average Bonchev–Trinajstić information content (AvgIpc) is 3.13. The van der Waals surface area contributed by atoms with E-state index >= 15 is 0 Å². The van der Waals surface area contributed by atoms with E-state index in [9.17, 15) is 29.4 Å². The first kappa shape index (κ1) is 28.8. The molecule has 6 atom stereocenters. The molecule has 1 aliphatic heterocycles. The molecular weight excluding hydrogens is 510 g/mol. The van der Waals surface area contributed by atoms with Crippen molar-refractivity contribution in [2.45, 2.75) is 71.2 Å². The molecule has 1 saturated carbocycles. The number of ether oxygens (including phenoxy) is 3. The quantitative estimate of drug-likeness (QED) is 0.301. The van der Waals surface area contributed by atoms with E-state index in [1.807, 2.05) is 6.92 Å². The molecule has 11 nitrogen and oxygen atoms in total. The second-order valence-corrected chi connectivity index (χ2v) is 11.4. The predicted molar refractivity (Wildman–Crippen MR) is 136 cm³/mol. The summed E-state index contributed by atoms with van der Waals surface area (Å²) >= 11 is 0. The van der Waals surface area contributed by atoms with Crippen molar-refractivity contribution in [3.63, 3.8) is 0 Å². The molecule has 11 heteroatoms. The predicted octanol–water partition coefficient (Wildman–Crippen LogP) is 2.05. The Hall–Kier alpha value is -3.18. The fraction of sp³-hybridized carbons (Fsp3) is 0.643. The van der Waals surface area contributed by atoms with Gasteiger partial charge in [0.1, 0.15) is 12.2 Å². The lowest BCUT2D eigenvalue weighted by atomic mass is 9.53. The second-order valence-electron chi connectivity index (χ2n) is 11.4. The van der Waals surface area contributed by atoms with Gasteiger partial charge < -0.3 is 34.4 Å². The molecule has 4 aliphatic rings. The van der Waals surface area contributed by atoms with E-state index in [1.165, 1.54) is 20.2 Å². The summed E-state index contributed by atoms with van der Waals surface area (Å²) in [5.74, 6) is -3.92. The molecule has 1 heterocycles. The van der Waals surface area contributed by atoms with Gasteiger partial charge in [-0.3, -0.25) is 14.4 Å². The molecule has 0 bridgehead atoms. The Labute approximate surface area is 227 Å². The molecule has 0 radical (unpaired) electrons. The largest absolute Gasteiger partial charge is 0.504 e. The van der Waals surface area contributed by atoms with Gasteiger partial charge in [-0.05, 0) is 44.1 Å². The van der Waals surface area contributed by atoms with Crippen LogP contribution in [0.2, 0.25) is 0 Å². The molecule has 0 aromatic rings. The lowest BCUT2D eigenvalue weighted by Gasteiger charge is -2.54. The van der Waals surface area contributed by atoms with E-state index < -0.39 is 64.5 Å². The fourth-order valence-electron chi connectivity index (χ4n) is 7.04. The van der Waals surface area contributed by atoms with Gasteiger partial charge in [0.15, 0.2) is 5.76 Å². The lowest BCUT2D eigenvalue weighted by Crippen LogP contribution is -2.57. The number of aliphatic hydroxyl groups excluding tert-OH is 2. The molecule has 214 valence electrons. The average molecular weight is 548 g/mol. The van der Waals surface area contributed by atoms with Crippen molar-refractivity contribution in [2.24, 2.45) is 16.7 Å². The number of aliphatic carboxylic acids is 1. The van der Waals surface area contributed by atoms with Gasteiger partial charge in [0, 0.05) is 56.8 Å². The van der Waals surface area contributed by atoms with Gasteiger partial charge in [0.05, 0.1) is 23.7 Å². The second kappa shape index (κ2) is 10.4. The van der Waals surface area contributed by atoms with Crippen LogP contribution in [-0.2, 0) is 33.4 Å². The number of fused-ring (bicyclic) bond motifs is 4. The maximum absolute atomic E-state index is 14.0. The Morgan fingerprint density at radius 1 is 1.23 bits per heavy atom. The van der Waals surface area contributed by atoms with Gasteiger partial charge in [0.25, 0.3) is 0 Å². The van der Waals surface area contributed by atoms with Crippen LogP contribution in [0, 0.1) is 16.7 Å². The Morgan fingerprint density at radius 3 is 2.54 bits per heavy atom. The van der Waals surface area contributed by atoms with Crippen LogP contribution in [0.5, 0.6) is 0 Å². The van der Waals surface area contributed by atoms with Crippen LogP contribution in [0.25, 0.3) is 0 Å². The maximum Gasteiger partial charge on any atom is 0.340 e. The Morgan fingerprint density at radius 2 is 1.92 bits per heavy atom. The highest BCUT2D eigenvalue weighted by atomic mass is 16.6. The molecule has 2 fully saturated rings. The zero-order chi connectivity index (χ0) is 28.9. The normalized spacial score (nSPS) is 34.9. The zero-order valence-corrected chi connectivity index (χ0v) is 23.0. The van der Waals surface area contributed by atoms with Gasteiger partial charge in [-0.2, -0.15) is 0 Å². The Balaban J connectivity index is 1.91. The van der Waals surface area contributed by atoms with Crippen molar-refractivity contribution >= 4 is 23.7 Å². The first-order valence-electron chi connectivity index (χ1n) is 13.2. The van der Waals surface area contributed by atoms with Crippen molar-refractivity contribution in [2.75, 3.05) is 27.3 Å². The number of carboxylic acids is 1. The molecule has 0 amide bonds. The number of hydrogen-bond acceptors (Lipinski definition) is 10. The summed E-state index contributed by atoms with van der Waals surface area (Å²) in [4.78, 5) is 52.1. The fourth-order valence-corrected chi connectivity index (χ4v) is 7.04. The number of aliphatic hydroxyl groups is 2. The highest BCUT2D eigenvalue weighted by Gasteiger charge is 2.64. The summed E-state index contributed by atoms with van der Waals surface area (Å²) in [6, 6.07) is 0. The van der Waals surface area contributed by atoms with E-state index in [4.69, 9.17) is 19.3 Å². The van der Waals surface area contributed by atoms with Gasteiger partial charge >= 0.3 is 17.9 Å². The maximum atomic E-state index is 14.0.